The minimum absolute atomic E-state index is 0.824. The summed E-state index contributed by atoms with van der Waals surface area (Å²) in [5, 5.41) is 0. The Bertz CT molecular complexity index is 116. The first kappa shape index (κ1) is 6.66. The van der Waals surface area contributed by atoms with Crippen molar-refractivity contribution in [2.75, 3.05) is 6.61 Å². The van der Waals surface area contributed by atoms with Crippen molar-refractivity contribution in [1.29, 1.82) is 0 Å². The molecule has 1 nitrogen and oxygen atoms in total. The van der Waals surface area contributed by atoms with Crippen molar-refractivity contribution in [1.82, 2.24) is 0 Å². The predicted molar refractivity (Wildman–Crippen MR) is 38.1 cm³/mol. The summed E-state index contributed by atoms with van der Waals surface area (Å²) in [7, 11) is 0. The van der Waals surface area contributed by atoms with Gasteiger partial charge in [0.15, 0.2) is 0 Å². The highest BCUT2D eigenvalue weighted by Gasteiger charge is 2.11. The van der Waals surface area contributed by atoms with Crippen molar-refractivity contribution >= 4 is 0 Å². The Hall–Kier alpha value is -0.460. The molecule has 1 rings (SSSR count). The van der Waals surface area contributed by atoms with Crippen LogP contribution in [0.5, 0.6) is 0 Å². The molecule has 1 saturated heterocycles. The molecule has 0 aromatic rings. The fraction of sp³-hybridized carbons (Fsp3) is 0.750. The molecule has 0 aromatic heterocycles. The maximum Gasteiger partial charge on any atom is 0.0919 e. The molecular formula is C8H14O. The third kappa shape index (κ3) is 1.74. The molecule has 52 valence electrons. The first-order valence-corrected chi connectivity index (χ1v) is 3.61. The predicted octanol–water partition coefficient (Wildman–Crippen LogP) is 2.34. The van der Waals surface area contributed by atoms with E-state index in [0.29, 0.717) is 0 Å². The van der Waals surface area contributed by atoms with Gasteiger partial charge in [0.25, 0.3) is 0 Å². The maximum atomic E-state index is 5.36. The third-order valence-corrected chi connectivity index (χ3v) is 1.77. The van der Waals surface area contributed by atoms with E-state index in [4.69, 9.17) is 4.74 Å². The van der Waals surface area contributed by atoms with Crippen molar-refractivity contribution in [3.8, 4) is 0 Å². The molecule has 1 aliphatic rings. The van der Waals surface area contributed by atoms with E-state index < -0.39 is 0 Å². The van der Waals surface area contributed by atoms with Crippen LogP contribution in [0, 0.1) is 5.92 Å². The average Bonchev–Trinajstić information content (AvgIpc) is 1.88. The van der Waals surface area contributed by atoms with Crippen LogP contribution in [-0.2, 0) is 4.74 Å². The SMILES string of the molecule is C/C=C1\CC(C)CCO1. The second-order valence-electron chi connectivity index (χ2n) is 2.70. The number of allylic oxidation sites excluding steroid dienone is 2. The van der Waals surface area contributed by atoms with E-state index in [1.54, 1.807) is 0 Å². The molecule has 0 saturated carbocycles. The first-order valence-electron chi connectivity index (χ1n) is 3.61. The molecule has 0 aliphatic carbocycles. The lowest BCUT2D eigenvalue weighted by Gasteiger charge is -2.21. The van der Waals surface area contributed by atoms with Gasteiger partial charge in [-0.05, 0) is 25.3 Å². The van der Waals surface area contributed by atoms with E-state index in [9.17, 15) is 0 Å². The molecule has 0 amide bonds. The summed E-state index contributed by atoms with van der Waals surface area (Å²) in [4.78, 5) is 0. The van der Waals surface area contributed by atoms with Gasteiger partial charge in [-0.15, -0.1) is 0 Å². The van der Waals surface area contributed by atoms with Crippen LogP contribution in [0.3, 0.4) is 0 Å². The number of hydrogen-bond acceptors (Lipinski definition) is 1. The molecule has 1 aliphatic heterocycles. The van der Waals surface area contributed by atoms with Crippen LogP contribution in [0.25, 0.3) is 0 Å². The quantitative estimate of drug-likeness (QED) is 0.484. The fourth-order valence-corrected chi connectivity index (χ4v) is 1.10. The van der Waals surface area contributed by atoms with Crippen LogP contribution in [0.15, 0.2) is 11.8 Å². The zero-order valence-electron chi connectivity index (χ0n) is 6.18. The highest BCUT2D eigenvalue weighted by molar-refractivity contribution is 4.93. The Labute approximate surface area is 56.7 Å². The Morgan fingerprint density at radius 1 is 1.67 bits per heavy atom. The van der Waals surface area contributed by atoms with Crippen LogP contribution in [0.1, 0.15) is 26.7 Å². The van der Waals surface area contributed by atoms with Crippen LogP contribution in [-0.4, -0.2) is 6.61 Å². The minimum atomic E-state index is 0.824. The minimum Gasteiger partial charge on any atom is -0.498 e. The molecule has 0 aromatic carbocycles. The molecular weight excluding hydrogens is 112 g/mol. The highest BCUT2D eigenvalue weighted by Crippen LogP contribution is 2.21. The van der Waals surface area contributed by atoms with E-state index in [-0.39, 0.29) is 0 Å². The van der Waals surface area contributed by atoms with Crippen molar-refractivity contribution < 1.29 is 4.74 Å². The second kappa shape index (κ2) is 2.90. The molecule has 9 heavy (non-hydrogen) atoms. The summed E-state index contributed by atoms with van der Waals surface area (Å²) in [6.45, 7) is 5.22. The van der Waals surface area contributed by atoms with Gasteiger partial charge >= 0.3 is 0 Å². The van der Waals surface area contributed by atoms with Crippen LogP contribution in [0.2, 0.25) is 0 Å². The summed E-state index contributed by atoms with van der Waals surface area (Å²) < 4.78 is 5.36. The highest BCUT2D eigenvalue weighted by atomic mass is 16.5. The smallest absolute Gasteiger partial charge is 0.0919 e. The number of rotatable bonds is 0. The summed E-state index contributed by atoms with van der Waals surface area (Å²) >= 11 is 0. The van der Waals surface area contributed by atoms with E-state index in [0.717, 1.165) is 18.9 Å². The summed E-state index contributed by atoms with van der Waals surface area (Å²) in [5.74, 6) is 2.00. The van der Waals surface area contributed by atoms with E-state index >= 15 is 0 Å². The normalized spacial score (nSPS) is 32.2. The Kier molecular flexibility index (Phi) is 2.15. The monoisotopic (exact) mass is 126 g/mol. The van der Waals surface area contributed by atoms with Gasteiger partial charge < -0.3 is 4.74 Å². The Morgan fingerprint density at radius 3 is 2.89 bits per heavy atom. The molecule has 1 heteroatoms. The van der Waals surface area contributed by atoms with Gasteiger partial charge in [-0.1, -0.05) is 6.92 Å². The zero-order valence-corrected chi connectivity index (χ0v) is 6.18. The van der Waals surface area contributed by atoms with Gasteiger partial charge in [0.1, 0.15) is 0 Å². The second-order valence-corrected chi connectivity index (χ2v) is 2.70. The lowest BCUT2D eigenvalue weighted by molar-refractivity contribution is 0.137. The lowest BCUT2D eigenvalue weighted by atomic mass is 10.0. The molecule has 0 radical (unpaired) electrons. The van der Waals surface area contributed by atoms with Crippen LogP contribution >= 0.6 is 0 Å². The van der Waals surface area contributed by atoms with E-state index in [1.807, 2.05) is 6.92 Å². The Morgan fingerprint density at radius 2 is 2.44 bits per heavy atom. The van der Waals surface area contributed by atoms with Gasteiger partial charge in [-0.3, -0.25) is 0 Å². The molecule has 0 bridgehead atoms. The van der Waals surface area contributed by atoms with Crippen LogP contribution < -0.4 is 0 Å². The number of hydrogen-bond donors (Lipinski definition) is 0. The zero-order chi connectivity index (χ0) is 6.69. The van der Waals surface area contributed by atoms with Gasteiger partial charge in [-0.2, -0.15) is 0 Å². The maximum absolute atomic E-state index is 5.36. The average molecular weight is 126 g/mol. The Balaban J connectivity index is 2.41. The fourth-order valence-electron chi connectivity index (χ4n) is 1.10. The van der Waals surface area contributed by atoms with E-state index in [1.165, 1.54) is 12.2 Å². The van der Waals surface area contributed by atoms with E-state index in [2.05, 4.69) is 13.0 Å². The summed E-state index contributed by atoms with van der Waals surface area (Å²) in [6, 6.07) is 0. The van der Waals surface area contributed by atoms with Crippen molar-refractivity contribution in [3.05, 3.63) is 11.8 Å². The topological polar surface area (TPSA) is 9.23 Å². The molecule has 1 unspecified atom stereocenters. The van der Waals surface area contributed by atoms with Gasteiger partial charge in [0, 0.05) is 6.42 Å². The van der Waals surface area contributed by atoms with Gasteiger partial charge in [0.2, 0.25) is 0 Å². The van der Waals surface area contributed by atoms with Crippen molar-refractivity contribution in [3.63, 3.8) is 0 Å². The summed E-state index contributed by atoms with van der Waals surface area (Å²) in [5.41, 5.74) is 0. The molecule has 1 fully saturated rings. The van der Waals surface area contributed by atoms with Crippen molar-refractivity contribution in [2.45, 2.75) is 26.7 Å². The lowest BCUT2D eigenvalue weighted by Crippen LogP contribution is -2.10. The molecule has 0 N–H and O–H groups in total. The number of ether oxygens (including phenoxy) is 1. The third-order valence-electron chi connectivity index (χ3n) is 1.77. The molecule has 0 spiro atoms. The van der Waals surface area contributed by atoms with Crippen LogP contribution in [0.4, 0.5) is 0 Å². The van der Waals surface area contributed by atoms with Gasteiger partial charge in [-0.25, -0.2) is 0 Å². The van der Waals surface area contributed by atoms with Crippen molar-refractivity contribution in [2.24, 2.45) is 5.92 Å². The molecule has 1 heterocycles. The summed E-state index contributed by atoms with van der Waals surface area (Å²) in [6.07, 6.45) is 4.42. The standard InChI is InChI=1S/C8H14O/c1-3-8-6-7(2)4-5-9-8/h3,7H,4-6H2,1-2H3/b8-3+. The first-order chi connectivity index (χ1) is 4.33. The molecule has 1 atom stereocenters. The van der Waals surface area contributed by atoms with Gasteiger partial charge in [0.05, 0.1) is 12.4 Å². The largest absolute Gasteiger partial charge is 0.498 e.